The van der Waals surface area contributed by atoms with Crippen LogP contribution >= 0.6 is 12.4 Å². The highest BCUT2D eigenvalue weighted by atomic mass is 35.5. The van der Waals surface area contributed by atoms with E-state index >= 15 is 0 Å². The number of fused-ring (bicyclic) bond motifs is 3. The standard InChI is InChI=1S/C12H11NO3S.C12H11NO2.C11H11NO3S.C10H9NO.C9H14N2O.C8H9NO5S.C7H9NO2.C7H9NO.ClH/c14-12-9-5-4-8-11(12)13-17(15,16)10-6-2-1-3-7-10;1-8(14)13-11-7-6-9-4-2-3-5-10(9)12(11)15;1-16(14,15)12-10-7-6-8-4-2-3-5-9(8)11(10)13;11-9-6-5-7-3-1-2-4-8(7)10(9)12;1-3-11(2)7-4-5-9(12)8(10)6-7;1-15(13,14)9-6-4-5(8(11)12)2-3-7(6)10;1-10-5-2-3-7(9)6(8)4-5;1-5-2-3-7(9)6(8)4-5;/h1-9,13-14H;2-7,15H,1H3,(H,13,14);2-7,12-13H,1H3;1-6,12H,11H2;4-6,12H,3,10H2,1-2H3;2-4,9-10H,1H3,(H,11,12);2-4,9H,8H2,1H3;2-4,9H,8H2,1H3;1H. The number of phenolic OH excluding ortho intramolecular Hbond substituents is 8. The number of carbonyl (C=O) groups is 2. The number of para-hydroxylation sites is 2. The number of sulfonamides is 3. The maximum atomic E-state index is 11.9. The second kappa shape index (κ2) is 40.2. The molecule has 0 aliphatic heterocycles. The summed E-state index contributed by atoms with van der Waals surface area (Å²) in [6, 6.07) is 65.3. The Hall–Kier alpha value is -12.9. The first kappa shape index (κ1) is 86.5. The molecule has 0 heterocycles. The van der Waals surface area contributed by atoms with Crippen LogP contribution in [0.5, 0.6) is 51.7 Å². The average molecular weight is 1540 g/mol. The molecular weight excluding hydrogens is 1460 g/mol. The highest BCUT2D eigenvalue weighted by Gasteiger charge is 2.16. The fraction of sp³-hybridized carbons (Fsp3) is 0.105. The zero-order chi connectivity index (χ0) is 78.6. The van der Waals surface area contributed by atoms with E-state index in [1.165, 1.54) is 43.3 Å². The van der Waals surface area contributed by atoms with E-state index in [1.54, 1.807) is 110 Å². The summed E-state index contributed by atoms with van der Waals surface area (Å²) < 4.78 is 79.2. The second-order valence-electron chi connectivity index (χ2n) is 22.7. The number of aromatic carboxylic acids is 1. The van der Waals surface area contributed by atoms with Gasteiger partial charge in [-0.1, -0.05) is 127 Å². The van der Waals surface area contributed by atoms with Crippen molar-refractivity contribution in [3.05, 3.63) is 248 Å². The predicted molar refractivity (Wildman–Crippen MR) is 428 cm³/mol. The molecule has 12 rings (SSSR count). The van der Waals surface area contributed by atoms with Gasteiger partial charge in [0.25, 0.3) is 10.0 Å². The molecule has 0 atom stereocenters. The minimum Gasteiger partial charge on any atom is -0.506 e. The van der Waals surface area contributed by atoms with Crippen molar-refractivity contribution in [3.8, 4) is 51.7 Å². The number of halogens is 1. The van der Waals surface area contributed by atoms with E-state index in [1.807, 2.05) is 104 Å². The number of hydrogen-bond donors (Lipinski definition) is 17. The Morgan fingerprint density at radius 1 is 0.439 bits per heavy atom. The molecule has 27 nitrogen and oxygen atoms in total. The number of nitrogens with two attached hydrogens (primary N) is 4. The minimum atomic E-state index is -3.65. The summed E-state index contributed by atoms with van der Waals surface area (Å²) in [5.74, 6) is -0.565. The summed E-state index contributed by atoms with van der Waals surface area (Å²) in [5, 5.41) is 91.3. The molecule has 1 amide bonds. The summed E-state index contributed by atoms with van der Waals surface area (Å²) in [7, 11) is -7.04. The van der Waals surface area contributed by atoms with Gasteiger partial charge in [0.15, 0.2) is 0 Å². The van der Waals surface area contributed by atoms with Crippen molar-refractivity contribution >= 4 is 138 Å². The number of carboxylic acids is 1. The van der Waals surface area contributed by atoms with Gasteiger partial charge in [-0.25, -0.2) is 30.0 Å². The number of methoxy groups -OCH3 is 1. The van der Waals surface area contributed by atoms with Crippen LogP contribution in [-0.2, 0) is 34.9 Å². The minimum absolute atomic E-state index is 0. The molecule has 566 valence electrons. The molecule has 21 N–H and O–H groups in total. The van der Waals surface area contributed by atoms with Gasteiger partial charge in [-0.3, -0.25) is 19.0 Å². The van der Waals surface area contributed by atoms with Gasteiger partial charge in [0.1, 0.15) is 51.7 Å². The van der Waals surface area contributed by atoms with Gasteiger partial charge in [0.05, 0.1) is 75.6 Å². The average Bonchev–Trinajstić information content (AvgIpc) is 0.825. The van der Waals surface area contributed by atoms with E-state index < -0.39 is 36.0 Å². The lowest BCUT2D eigenvalue weighted by atomic mass is 10.1. The molecule has 12 aromatic carbocycles. The lowest BCUT2D eigenvalue weighted by Gasteiger charge is -2.17. The number of phenols is 8. The maximum Gasteiger partial charge on any atom is 0.335 e. The second-order valence-corrected chi connectivity index (χ2v) is 27.9. The molecule has 0 saturated carbocycles. The summed E-state index contributed by atoms with van der Waals surface area (Å²) in [6.07, 6.45) is 1.95. The van der Waals surface area contributed by atoms with Gasteiger partial charge in [-0.2, -0.15) is 0 Å². The van der Waals surface area contributed by atoms with Gasteiger partial charge in [-0.15, -0.1) is 12.4 Å². The number of ether oxygens (including phenoxy) is 1. The lowest BCUT2D eigenvalue weighted by Crippen LogP contribution is -2.15. The molecule has 0 saturated heterocycles. The van der Waals surface area contributed by atoms with E-state index in [0.717, 1.165) is 69.4 Å². The van der Waals surface area contributed by atoms with Crippen molar-refractivity contribution in [3.63, 3.8) is 0 Å². The van der Waals surface area contributed by atoms with E-state index in [4.69, 9.17) is 48.1 Å². The molecule has 0 aromatic heterocycles. The van der Waals surface area contributed by atoms with Crippen LogP contribution in [-0.4, -0.2) is 116 Å². The van der Waals surface area contributed by atoms with Crippen molar-refractivity contribution in [2.75, 3.05) is 80.5 Å². The zero-order valence-corrected chi connectivity index (χ0v) is 62.1. The van der Waals surface area contributed by atoms with Crippen molar-refractivity contribution < 1.29 is 85.5 Å². The Morgan fingerprint density at radius 3 is 1.35 bits per heavy atom. The fourth-order valence-corrected chi connectivity index (χ4v) is 11.2. The monoisotopic (exact) mass is 1540 g/mol. The lowest BCUT2D eigenvalue weighted by molar-refractivity contribution is -0.114. The zero-order valence-electron chi connectivity index (χ0n) is 58.8. The fourth-order valence-electron chi connectivity index (χ4n) is 8.96. The third-order valence-corrected chi connectivity index (χ3v) is 17.0. The van der Waals surface area contributed by atoms with Crippen LogP contribution in [0, 0.1) is 6.92 Å². The largest absolute Gasteiger partial charge is 0.506 e. The summed E-state index contributed by atoms with van der Waals surface area (Å²) in [4.78, 5) is 23.7. The topological polar surface area (TPSA) is 483 Å². The number of aromatic hydroxyl groups is 8. The Balaban J connectivity index is 0.000000260. The number of rotatable bonds is 12. The summed E-state index contributed by atoms with van der Waals surface area (Å²) in [5.41, 5.74) is 26.0. The molecule has 107 heavy (non-hydrogen) atoms. The van der Waals surface area contributed by atoms with E-state index in [0.29, 0.717) is 39.6 Å². The van der Waals surface area contributed by atoms with Crippen LogP contribution in [0.15, 0.2) is 241 Å². The molecule has 0 radical (unpaired) electrons. The number of benzene rings is 12. The Labute approximate surface area is 625 Å². The van der Waals surface area contributed by atoms with Crippen LogP contribution in [0.4, 0.5) is 51.2 Å². The van der Waals surface area contributed by atoms with Crippen LogP contribution in [0.25, 0.3) is 32.3 Å². The smallest absolute Gasteiger partial charge is 0.335 e. The van der Waals surface area contributed by atoms with Crippen molar-refractivity contribution in [2.24, 2.45) is 0 Å². The van der Waals surface area contributed by atoms with Crippen LogP contribution in [0.3, 0.4) is 0 Å². The molecule has 0 bridgehead atoms. The highest BCUT2D eigenvalue weighted by molar-refractivity contribution is 7.93. The van der Waals surface area contributed by atoms with Gasteiger partial charge in [0, 0.05) is 48.4 Å². The summed E-state index contributed by atoms with van der Waals surface area (Å²) >= 11 is 0. The van der Waals surface area contributed by atoms with Crippen molar-refractivity contribution in [2.45, 2.75) is 25.7 Å². The molecule has 0 aliphatic carbocycles. The number of hydrogen-bond acceptors (Lipinski definition) is 22. The number of amides is 1. The Morgan fingerprint density at radius 2 is 0.869 bits per heavy atom. The Kier molecular flexibility index (Phi) is 32.5. The van der Waals surface area contributed by atoms with Crippen molar-refractivity contribution in [1.29, 1.82) is 0 Å². The molecule has 0 spiro atoms. The quantitative estimate of drug-likeness (QED) is 0.0399. The maximum absolute atomic E-state index is 11.9. The number of nitrogens with one attached hydrogen (secondary N) is 4. The first-order valence-electron chi connectivity index (χ1n) is 31.4. The predicted octanol–water partition coefficient (Wildman–Crippen LogP) is 13.3. The van der Waals surface area contributed by atoms with Gasteiger partial charge < -0.3 is 83.8 Å². The molecule has 12 aromatic rings. The van der Waals surface area contributed by atoms with Crippen LogP contribution in [0.1, 0.15) is 29.8 Å². The number of aryl methyl sites for hydroxylation is 1. The van der Waals surface area contributed by atoms with E-state index in [-0.39, 0.29) is 91.8 Å². The molecular formula is C76H84ClN9O18S3. The van der Waals surface area contributed by atoms with E-state index in [9.17, 15) is 60.4 Å². The number of carbonyl (C=O) groups excluding carboxylic acids is 1. The van der Waals surface area contributed by atoms with Crippen molar-refractivity contribution in [1.82, 2.24) is 0 Å². The first-order chi connectivity index (χ1) is 49.9. The molecule has 31 heteroatoms. The summed E-state index contributed by atoms with van der Waals surface area (Å²) in [6.45, 7) is 6.32. The molecule has 0 fully saturated rings. The first-order valence-corrected chi connectivity index (χ1v) is 36.7. The Bertz CT molecular complexity index is 5360. The SMILES string of the molecule is CC(=O)Nc1ccc2ccccc2c1O.CCN(C)c1ccc(O)c(N)c1.COc1ccc(O)c(N)c1.CS(=O)(=O)Nc1cc(C(=O)O)ccc1O.CS(=O)(=O)Nc1ccc2ccccc2c1O.Cc1ccc(O)c(N)c1.Cl.Nc1ccc2ccccc2c1O.O=S(=O)(Nc1ccccc1O)c1ccccc1. The van der Waals surface area contributed by atoms with Gasteiger partial charge in [-0.05, 0) is 139 Å². The third-order valence-electron chi connectivity index (χ3n) is 14.4. The normalized spacial score (nSPS) is 10.4. The van der Waals surface area contributed by atoms with Gasteiger partial charge >= 0.3 is 5.97 Å². The van der Waals surface area contributed by atoms with Crippen LogP contribution < -0.4 is 52.1 Å². The highest BCUT2D eigenvalue weighted by Crippen LogP contribution is 2.35. The number of carboxylic acid groups (broad SMARTS) is 1. The van der Waals surface area contributed by atoms with Gasteiger partial charge in [0.2, 0.25) is 26.0 Å². The molecule has 0 unspecified atom stereocenters. The van der Waals surface area contributed by atoms with Crippen LogP contribution in [0.2, 0.25) is 0 Å². The number of nitrogens with zero attached hydrogens (tertiary/aromatic N) is 1. The third kappa shape index (κ3) is 27.7. The number of anilines is 9. The number of nitrogen functional groups attached to an aromatic ring is 4. The molecule has 0 aliphatic rings. The van der Waals surface area contributed by atoms with E-state index in [2.05, 4.69) is 26.6 Å².